The van der Waals surface area contributed by atoms with E-state index in [1.165, 1.54) is 25.9 Å². The molecule has 1 atom stereocenters. The molecular formula is C17H15I. The van der Waals surface area contributed by atoms with E-state index in [-0.39, 0.29) is 0 Å². The number of allylic oxidation sites excluding steroid dienone is 8. The molecule has 0 fully saturated rings. The van der Waals surface area contributed by atoms with Crippen molar-refractivity contribution >= 4 is 33.7 Å². The summed E-state index contributed by atoms with van der Waals surface area (Å²) in [6.45, 7) is 2.23. The zero-order valence-electron chi connectivity index (χ0n) is 10.4. The number of hydrogen-bond acceptors (Lipinski definition) is 0. The van der Waals surface area contributed by atoms with E-state index in [1.807, 2.05) is 0 Å². The fourth-order valence-electron chi connectivity index (χ4n) is 2.58. The largest absolute Gasteiger partial charge is 0.0778 e. The van der Waals surface area contributed by atoms with Gasteiger partial charge in [0.25, 0.3) is 0 Å². The molecule has 0 radical (unpaired) electrons. The summed E-state index contributed by atoms with van der Waals surface area (Å²) in [5.41, 5.74) is 5.67. The van der Waals surface area contributed by atoms with Crippen LogP contribution in [0.5, 0.6) is 0 Å². The average molecular weight is 346 g/mol. The van der Waals surface area contributed by atoms with Crippen molar-refractivity contribution in [3.05, 3.63) is 69.4 Å². The summed E-state index contributed by atoms with van der Waals surface area (Å²) in [5, 5.41) is 0. The van der Waals surface area contributed by atoms with Crippen LogP contribution in [0.3, 0.4) is 0 Å². The first-order valence-electron chi connectivity index (χ1n) is 6.29. The summed E-state index contributed by atoms with van der Waals surface area (Å²) in [4.78, 5) is 0. The predicted molar refractivity (Wildman–Crippen MR) is 87.4 cm³/mol. The summed E-state index contributed by atoms with van der Waals surface area (Å²) < 4.78 is 1.33. The third-order valence-electron chi connectivity index (χ3n) is 3.45. The molecule has 0 aromatic heterocycles. The fraction of sp³-hybridized carbons (Fsp3) is 0.176. The van der Waals surface area contributed by atoms with Gasteiger partial charge in [-0.05, 0) is 63.3 Å². The van der Waals surface area contributed by atoms with E-state index in [1.54, 1.807) is 0 Å². The molecule has 18 heavy (non-hydrogen) atoms. The minimum absolute atomic E-state index is 0.492. The van der Waals surface area contributed by atoms with Crippen molar-refractivity contribution in [1.29, 1.82) is 0 Å². The van der Waals surface area contributed by atoms with Gasteiger partial charge in [0.1, 0.15) is 0 Å². The van der Waals surface area contributed by atoms with Gasteiger partial charge in [-0.1, -0.05) is 55.5 Å². The molecule has 0 aliphatic heterocycles. The molecule has 0 saturated heterocycles. The van der Waals surface area contributed by atoms with Crippen molar-refractivity contribution < 1.29 is 0 Å². The SMILES string of the molecule is CC1C=C(I)/C=C2\C/C(=C\C=C/1)c1ccccc12. The highest BCUT2D eigenvalue weighted by atomic mass is 127. The predicted octanol–water partition coefficient (Wildman–Crippen LogP) is 5.38. The lowest BCUT2D eigenvalue weighted by Crippen LogP contribution is -1.84. The van der Waals surface area contributed by atoms with Gasteiger partial charge in [-0.2, -0.15) is 0 Å². The molecule has 90 valence electrons. The van der Waals surface area contributed by atoms with Gasteiger partial charge in [0.15, 0.2) is 0 Å². The normalized spacial score (nSPS) is 29.4. The Bertz CT molecular complexity index is 600. The van der Waals surface area contributed by atoms with E-state index in [9.17, 15) is 0 Å². The van der Waals surface area contributed by atoms with Crippen LogP contribution in [0.15, 0.2) is 58.2 Å². The number of fused-ring (bicyclic) bond motifs is 5. The topological polar surface area (TPSA) is 0 Å². The highest BCUT2D eigenvalue weighted by molar-refractivity contribution is 14.1. The van der Waals surface area contributed by atoms with E-state index >= 15 is 0 Å². The van der Waals surface area contributed by atoms with Gasteiger partial charge in [-0.3, -0.25) is 0 Å². The van der Waals surface area contributed by atoms with Crippen molar-refractivity contribution in [2.45, 2.75) is 13.3 Å². The third-order valence-corrected chi connectivity index (χ3v) is 4.12. The van der Waals surface area contributed by atoms with Crippen LogP contribution in [0, 0.1) is 5.92 Å². The molecule has 0 amide bonds. The standard InChI is InChI=1S/C17H15I/c1-12-5-4-6-13-10-14(11-15(18)9-12)17-8-3-2-7-16(13)17/h2-9,11-12H,10H2,1H3/b5-4-,13-6+,14-11+,15-9?. The Kier molecular flexibility index (Phi) is 3.25. The fourth-order valence-corrected chi connectivity index (χ4v) is 3.53. The molecule has 1 unspecified atom stereocenters. The van der Waals surface area contributed by atoms with Gasteiger partial charge in [0, 0.05) is 3.58 Å². The van der Waals surface area contributed by atoms with E-state index < -0.39 is 0 Å². The van der Waals surface area contributed by atoms with Crippen LogP contribution >= 0.6 is 22.6 Å². The third kappa shape index (κ3) is 2.24. The molecule has 2 aliphatic carbocycles. The second-order valence-electron chi connectivity index (χ2n) is 4.88. The van der Waals surface area contributed by atoms with Crippen molar-refractivity contribution in [1.82, 2.24) is 0 Å². The minimum atomic E-state index is 0.492. The van der Waals surface area contributed by atoms with Gasteiger partial charge in [-0.15, -0.1) is 0 Å². The van der Waals surface area contributed by atoms with Gasteiger partial charge in [0.2, 0.25) is 0 Å². The van der Waals surface area contributed by atoms with E-state index in [0.29, 0.717) is 5.92 Å². The van der Waals surface area contributed by atoms with E-state index in [4.69, 9.17) is 0 Å². The van der Waals surface area contributed by atoms with Crippen LogP contribution in [0.1, 0.15) is 24.5 Å². The molecular weight excluding hydrogens is 331 g/mol. The van der Waals surface area contributed by atoms with Crippen molar-refractivity contribution in [3.8, 4) is 0 Å². The molecule has 0 nitrogen and oxygen atoms in total. The Balaban J connectivity index is 2.20. The van der Waals surface area contributed by atoms with Crippen LogP contribution in [0.2, 0.25) is 0 Å². The maximum atomic E-state index is 2.43. The van der Waals surface area contributed by atoms with E-state index in [2.05, 4.69) is 84.2 Å². The summed E-state index contributed by atoms with van der Waals surface area (Å²) >= 11 is 2.43. The second kappa shape index (κ2) is 4.88. The summed E-state index contributed by atoms with van der Waals surface area (Å²) in [7, 11) is 0. The Morgan fingerprint density at radius 1 is 1.11 bits per heavy atom. The Hall–Kier alpha value is -1.09. The second-order valence-corrected chi connectivity index (χ2v) is 6.13. The summed E-state index contributed by atoms with van der Waals surface area (Å²) in [6, 6.07) is 8.72. The molecule has 0 saturated carbocycles. The first-order valence-corrected chi connectivity index (χ1v) is 7.37. The van der Waals surface area contributed by atoms with E-state index in [0.717, 1.165) is 6.42 Å². The quantitative estimate of drug-likeness (QED) is 0.553. The molecule has 1 aromatic carbocycles. The maximum absolute atomic E-state index is 2.43. The maximum Gasteiger partial charge on any atom is 0.00988 e. The van der Waals surface area contributed by atoms with Crippen LogP contribution in [0.25, 0.3) is 11.1 Å². The van der Waals surface area contributed by atoms with Gasteiger partial charge in [-0.25, -0.2) is 0 Å². The lowest BCUT2D eigenvalue weighted by Gasteiger charge is -2.02. The van der Waals surface area contributed by atoms with Crippen molar-refractivity contribution in [2.24, 2.45) is 5.92 Å². The van der Waals surface area contributed by atoms with Crippen LogP contribution < -0.4 is 0 Å². The summed E-state index contributed by atoms with van der Waals surface area (Å²) in [5.74, 6) is 0.492. The number of benzene rings is 1. The Labute approximate surface area is 122 Å². The molecule has 2 bridgehead atoms. The number of rotatable bonds is 0. The van der Waals surface area contributed by atoms with Crippen molar-refractivity contribution in [3.63, 3.8) is 0 Å². The van der Waals surface area contributed by atoms with Crippen LogP contribution in [0.4, 0.5) is 0 Å². The molecule has 0 spiro atoms. The number of halogens is 1. The monoisotopic (exact) mass is 346 g/mol. The molecule has 0 N–H and O–H groups in total. The smallest absolute Gasteiger partial charge is 0.00988 e. The van der Waals surface area contributed by atoms with Crippen LogP contribution in [-0.4, -0.2) is 0 Å². The molecule has 0 heterocycles. The van der Waals surface area contributed by atoms with Gasteiger partial charge < -0.3 is 0 Å². The number of hydrogen-bond donors (Lipinski definition) is 0. The highest BCUT2D eigenvalue weighted by Gasteiger charge is 2.20. The van der Waals surface area contributed by atoms with Crippen LogP contribution in [-0.2, 0) is 0 Å². The molecule has 1 aromatic rings. The lowest BCUT2D eigenvalue weighted by atomic mass is 10.1. The molecule has 3 rings (SSSR count). The molecule has 2 aliphatic rings. The average Bonchev–Trinajstić information content (AvgIpc) is 2.67. The molecule has 1 heteroatoms. The van der Waals surface area contributed by atoms with Gasteiger partial charge in [0.05, 0.1) is 0 Å². The highest BCUT2D eigenvalue weighted by Crippen LogP contribution is 2.41. The zero-order valence-corrected chi connectivity index (χ0v) is 12.5. The Morgan fingerprint density at radius 3 is 2.61 bits per heavy atom. The zero-order chi connectivity index (χ0) is 12.5. The first kappa shape index (κ1) is 12.0. The first-order chi connectivity index (χ1) is 8.74. The minimum Gasteiger partial charge on any atom is -0.0778 e. The van der Waals surface area contributed by atoms with Crippen molar-refractivity contribution in [2.75, 3.05) is 0 Å². The summed E-state index contributed by atoms with van der Waals surface area (Å²) in [6.07, 6.45) is 12.4. The Morgan fingerprint density at radius 2 is 1.83 bits per heavy atom. The lowest BCUT2D eigenvalue weighted by molar-refractivity contribution is 0.939. The van der Waals surface area contributed by atoms with Gasteiger partial charge >= 0.3 is 0 Å².